The van der Waals surface area contributed by atoms with Crippen molar-refractivity contribution >= 4 is 6.29 Å². The number of alkyl halides is 1. The van der Waals surface area contributed by atoms with Crippen molar-refractivity contribution < 1.29 is 9.18 Å². The molecule has 0 aliphatic carbocycles. The summed E-state index contributed by atoms with van der Waals surface area (Å²) >= 11 is 0. The molecule has 1 unspecified atom stereocenters. The minimum absolute atomic E-state index is 0.498. The topological polar surface area (TPSA) is 17.1 Å². The van der Waals surface area contributed by atoms with Crippen LogP contribution in [0.1, 0.15) is 20.8 Å². The van der Waals surface area contributed by atoms with Crippen LogP contribution in [0.25, 0.3) is 0 Å². The van der Waals surface area contributed by atoms with Crippen molar-refractivity contribution in [1.29, 1.82) is 0 Å². The van der Waals surface area contributed by atoms with Gasteiger partial charge < -0.3 is 4.79 Å². The van der Waals surface area contributed by atoms with Gasteiger partial charge in [-0.3, -0.25) is 0 Å². The average molecular weight is 118 g/mol. The molecular formula is C6H11FO. The first-order chi connectivity index (χ1) is 3.48. The fourth-order valence-electron chi connectivity index (χ4n) is 0.162. The van der Waals surface area contributed by atoms with E-state index in [2.05, 4.69) is 0 Å². The van der Waals surface area contributed by atoms with Gasteiger partial charge in [0.1, 0.15) is 12.0 Å². The summed E-state index contributed by atoms with van der Waals surface area (Å²) in [5.41, 5.74) is -1.36. The van der Waals surface area contributed by atoms with Crippen LogP contribution < -0.4 is 0 Å². The van der Waals surface area contributed by atoms with E-state index in [0.717, 1.165) is 0 Å². The lowest BCUT2D eigenvalue weighted by atomic mass is 9.97. The summed E-state index contributed by atoms with van der Waals surface area (Å²) in [4.78, 5) is 9.91. The van der Waals surface area contributed by atoms with Crippen LogP contribution in [0.2, 0.25) is 0 Å². The highest BCUT2D eigenvalue weighted by molar-refractivity contribution is 5.54. The Morgan fingerprint density at radius 3 is 2.00 bits per heavy atom. The summed E-state index contributed by atoms with van der Waals surface area (Å²) in [6, 6.07) is 0. The van der Waals surface area contributed by atoms with Gasteiger partial charge in [0.15, 0.2) is 0 Å². The predicted molar refractivity (Wildman–Crippen MR) is 30.4 cm³/mol. The minimum Gasteiger partial charge on any atom is -0.303 e. The molecule has 0 saturated heterocycles. The molecule has 0 aromatic rings. The summed E-state index contributed by atoms with van der Waals surface area (Å²) in [7, 11) is 0. The van der Waals surface area contributed by atoms with E-state index in [1.807, 2.05) is 0 Å². The minimum atomic E-state index is -1.36. The second kappa shape index (κ2) is 2.25. The van der Waals surface area contributed by atoms with Crippen molar-refractivity contribution in [1.82, 2.24) is 0 Å². The van der Waals surface area contributed by atoms with Gasteiger partial charge in [-0.1, -0.05) is 6.92 Å². The van der Waals surface area contributed by atoms with Crippen LogP contribution in [0, 0.1) is 5.92 Å². The maximum atomic E-state index is 12.6. The number of carbonyl (C=O) groups excluding carboxylic acids is 1. The predicted octanol–water partition coefficient (Wildman–Crippen LogP) is 1.57. The SMILES string of the molecule is CC(C=O)C(C)(C)F. The zero-order chi connectivity index (χ0) is 6.78. The van der Waals surface area contributed by atoms with Crippen molar-refractivity contribution in [3.05, 3.63) is 0 Å². The second-order valence-corrected chi connectivity index (χ2v) is 2.49. The first-order valence-electron chi connectivity index (χ1n) is 2.62. The lowest BCUT2D eigenvalue weighted by Crippen LogP contribution is -2.23. The lowest BCUT2D eigenvalue weighted by Gasteiger charge is -2.16. The molecule has 0 bridgehead atoms. The number of hydrogen-bond donors (Lipinski definition) is 0. The Morgan fingerprint density at radius 2 is 2.00 bits per heavy atom. The third-order valence-electron chi connectivity index (χ3n) is 1.29. The molecular weight excluding hydrogens is 107 g/mol. The van der Waals surface area contributed by atoms with Gasteiger partial charge in [0.05, 0.1) is 0 Å². The molecule has 48 valence electrons. The molecule has 0 N–H and O–H groups in total. The summed E-state index contributed by atoms with van der Waals surface area (Å²) in [6.45, 7) is 4.35. The zero-order valence-corrected chi connectivity index (χ0v) is 5.44. The number of hydrogen-bond acceptors (Lipinski definition) is 1. The third kappa shape index (κ3) is 2.05. The van der Waals surface area contributed by atoms with Gasteiger partial charge in [-0.25, -0.2) is 4.39 Å². The van der Waals surface area contributed by atoms with Crippen LogP contribution in [0.5, 0.6) is 0 Å². The van der Waals surface area contributed by atoms with Gasteiger partial charge in [-0.2, -0.15) is 0 Å². The van der Waals surface area contributed by atoms with Crippen LogP contribution in [0.15, 0.2) is 0 Å². The highest BCUT2D eigenvalue weighted by Gasteiger charge is 2.23. The Hall–Kier alpha value is -0.400. The third-order valence-corrected chi connectivity index (χ3v) is 1.29. The van der Waals surface area contributed by atoms with E-state index >= 15 is 0 Å². The molecule has 0 spiro atoms. The number of carbonyl (C=O) groups is 1. The van der Waals surface area contributed by atoms with E-state index in [1.54, 1.807) is 6.92 Å². The summed E-state index contributed by atoms with van der Waals surface area (Å²) in [5, 5.41) is 0. The average Bonchev–Trinajstić information content (AvgIpc) is 1.62. The van der Waals surface area contributed by atoms with Gasteiger partial charge in [0, 0.05) is 5.92 Å². The van der Waals surface area contributed by atoms with Crippen molar-refractivity contribution in [3.8, 4) is 0 Å². The largest absolute Gasteiger partial charge is 0.303 e. The summed E-state index contributed by atoms with van der Waals surface area (Å²) in [5.74, 6) is -0.498. The molecule has 8 heavy (non-hydrogen) atoms. The van der Waals surface area contributed by atoms with Crippen molar-refractivity contribution in [3.63, 3.8) is 0 Å². The van der Waals surface area contributed by atoms with Gasteiger partial charge in [0.25, 0.3) is 0 Å². The molecule has 0 saturated carbocycles. The highest BCUT2D eigenvalue weighted by Crippen LogP contribution is 2.17. The van der Waals surface area contributed by atoms with E-state index in [1.165, 1.54) is 13.8 Å². The summed E-state index contributed by atoms with van der Waals surface area (Å²) < 4.78 is 12.6. The molecule has 0 aromatic heterocycles. The number of halogens is 1. The summed E-state index contributed by atoms with van der Waals surface area (Å²) in [6.07, 6.45) is 0.625. The van der Waals surface area contributed by atoms with Gasteiger partial charge in [0.2, 0.25) is 0 Å². The molecule has 1 atom stereocenters. The molecule has 0 aromatic carbocycles. The molecule has 0 aliphatic heterocycles. The van der Waals surface area contributed by atoms with E-state index < -0.39 is 11.6 Å². The monoisotopic (exact) mass is 118 g/mol. The van der Waals surface area contributed by atoms with Crippen molar-refractivity contribution in [2.24, 2.45) is 5.92 Å². The van der Waals surface area contributed by atoms with Gasteiger partial charge >= 0.3 is 0 Å². The van der Waals surface area contributed by atoms with E-state index in [4.69, 9.17) is 0 Å². The Morgan fingerprint density at radius 1 is 1.62 bits per heavy atom. The Kier molecular flexibility index (Phi) is 2.13. The van der Waals surface area contributed by atoms with E-state index in [9.17, 15) is 9.18 Å². The first kappa shape index (κ1) is 7.60. The quantitative estimate of drug-likeness (QED) is 0.503. The smallest absolute Gasteiger partial charge is 0.125 e. The van der Waals surface area contributed by atoms with Gasteiger partial charge in [-0.15, -0.1) is 0 Å². The number of aldehydes is 1. The zero-order valence-electron chi connectivity index (χ0n) is 5.44. The molecule has 0 aliphatic rings. The maximum absolute atomic E-state index is 12.6. The fraction of sp³-hybridized carbons (Fsp3) is 0.833. The second-order valence-electron chi connectivity index (χ2n) is 2.49. The Labute approximate surface area is 48.9 Å². The van der Waals surface area contributed by atoms with Crippen LogP contribution in [0.3, 0.4) is 0 Å². The van der Waals surface area contributed by atoms with Crippen LogP contribution >= 0.6 is 0 Å². The lowest BCUT2D eigenvalue weighted by molar-refractivity contribution is -0.114. The van der Waals surface area contributed by atoms with Crippen LogP contribution in [0.4, 0.5) is 4.39 Å². The van der Waals surface area contributed by atoms with Crippen LogP contribution in [-0.2, 0) is 4.79 Å². The standard InChI is InChI=1S/C6H11FO/c1-5(4-8)6(2,3)7/h4-5H,1-3H3. The molecule has 0 fully saturated rings. The molecule has 2 heteroatoms. The normalized spacial score (nSPS) is 15.5. The molecule has 0 rings (SSSR count). The van der Waals surface area contributed by atoms with E-state index in [-0.39, 0.29) is 0 Å². The van der Waals surface area contributed by atoms with Crippen LogP contribution in [-0.4, -0.2) is 12.0 Å². The van der Waals surface area contributed by atoms with Gasteiger partial charge in [-0.05, 0) is 13.8 Å². The molecule has 0 radical (unpaired) electrons. The van der Waals surface area contributed by atoms with Crippen molar-refractivity contribution in [2.45, 2.75) is 26.4 Å². The fourth-order valence-corrected chi connectivity index (χ4v) is 0.162. The highest BCUT2D eigenvalue weighted by atomic mass is 19.1. The van der Waals surface area contributed by atoms with E-state index in [0.29, 0.717) is 6.29 Å². The first-order valence-corrected chi connectivity index (χ1v) is 2.62. The Bertz CT molecular complexity index is 83.0. The maximum Gasteiger partial charge on any atom is 0.125 e. The molecule has 1 nitrogen and oxygen atoms in total. The molecule has 0 amide bonds. The Balaban J connectivity index is 3.80. The van der Waals surface area contributed by atoms with Crippen molar-refractivity contribution in [2.75, 3.05) is 0 Å². The molecule has 0 heterocycles. The number of rotatable bonds is 2.